The van der Waals surface area contributed by atoms with E-state index in [1.165, 1.54) is 11.1 Å². The zero-order chi connectivity index (χ0) is 17.7. The topological polar surface area (TPSA) is 53.7 Å². The number of rotatable bonds is 5. The van der Waals surface area contributed by atoms with E-state index in [1.807, 2.05) is 33.0 Å². The zero-order valence-electron chi connectivity index (χ0n) is 15.3. The molecule has 1 aromatic carbocycles. The second-order valence-corrected chi connectivity index (χ2v) is 6.87. The lowest BCUT2D eigenvalue weighted by atomic mass is 10.00. The number of aromatic nitrogens is 1. The SMILES string of the molecule is CN=C(NCC(C)c1c(C)noc1C)N(C)Cc1ccccc1Br.I. The molecule has 0 bridgehead atoms. The predicted octanol–water partition coefficient (Wildman–Crippen LogP) is 4.48. The van der Waals surface area contributed by atoms with Crippen molar-refractivity contribution in [2.24, 2.45) is 4.99 Å². The van der Waals surface area contributed by atoms with E-state index in [1.54, 1.807) is 7.05 Å². The molecule has 0 saturated heterocycles. The summed E-state index contributed by atoms with van der Waals surface area (Å²) in [5, 5.41) is 7.48. The van der Waals surface area contributed by atoms with Crippen LogP contribution in [0.3, 0.4) is 0 Å². The van der Waals surface area contributed by atoms with Crippen LogP contribution in [-0.2, 0) is 6.54 Å². The fourth-order valence-corrected chi connectivity index (χ4v) is 3.29. The van der Waals surface area contributed by atoms with Gasteiger partial charge in [0.1, 0.15) is 5.76 Å². The summed E-state index contributed by atoms with van der Waals surface area (Å²) in [7, 11) is 3.84. The largest absolute Gasteiger partial charge is 0.361 e. The van der Waals surface area contributed by atoms with Crippen LogP contribution in [0.2, 0.25) is 0 Å². The first-order valence-electron chi connectivity index (χ1n) is 8.02. The van der Waals surface area contributed by atoms with Gasteiger partial charge in [0.15, 0.2) is 5.96 Å². The minimum absolute atomic E-state index is 0. The van der Waals surface area contributed by atoms with Gasteiger partial charge in [0.2, 0.25) is 0 Å². The molecule has 0 amide bonds. The summed E-state index contributed by atoms with van der Waals surface area (Å²) in [5.74, 6) is 2.05. The van der Waals surface area contributed by atoms with Gasteiger partial charge < -0.3 is 14.7 Å². The first kappa shape index (κ1) is 22.0. The molecular weight excluding hydrogens is 495 g/mol. The van der Waals surface area contributed by atoms with Gasteiger partial charge in [0.25, 0.3) is 0 Å². The summed E-state index contributed by atoms with van der Waals surface area (Å²) in [6, 6.07) is 8.23. The van der Waals surface area contributed by atoms with Gasteiger partial charge in [-0.3, -0.25) is 4.99 Å². The first-order valence-corrected chi connectivity index (χ1v) is 8.81. The van der Waals surface area contributed by atoms with Crippen LogP contribution in [0, 0.1) is 13.8 Å². The van der Waals surface area contributed by atoms with Crippen LogP contribution in [0.5, 0.6) is 0 Å². The average Bonchev–Trinajstić information content (AvgIpc) is 2.89. The molecule has 0 aliphatic carbocycles. The predicted molar refractivity (Wildman–Crippen MR) is 117 cm³/mol. The Labute approximate surface area is 175 Å². The Morgan fingerprint density at radius 1 is 1.36 bits per heavy atom. The van der Waals surface area contributed by atoms with E-state index in [0.717, 1.165) is 35.0 Å². The number of nitrogens with zero attached hydrogens (tertiary/aromatic N) is 3. The minimum atomic E-state index is 0. The van der Waals surface area contributed by atoms with Crippen molar-refractivity contribution in [2.45, 2.75) is 33.2 Å². The van der Waals surface area contributed by atoms with Crippen molar-refractivity contribution in [1.82, 2.24) is 15.4 Å². The van der Waals surface area contributed by atoms with E-state index in [-0.39, 0.29) is 24.0 Å². The maximum Gasteiger partial charge on any atom is 0.193 e. The molecular formula is C18H26BrIN4O. The molecule has 2 aromatic rings. The number of aliphatic imine (C=N–C) groups is 1. The quantitative estimate of drug-likeness (QED) is 0.358. The fraction of sp³-hybridized carbons (Fsp3) is 0.444. The highest BCUT2D eigenvalue weighted by Crippen LogP contribution is 2.22. The second-order valence-electron chi connectivity index (χ2n) is 6.01. The molecule has 1 N–H and O–H groups in total. The smallest absolute Gasteiger partial charge is 0.193 e. The molecule has 1 unspecified atom stereocenters. The van der Waals surface area contributed by atoms with E-state index in [0.29, 0.717) is 5.92 Å². The lowest BCUT2D eigenvalue weighted by Gasteiger charge is -2.24. The monoisotopic (exact) mass is 520 g/mol. The third-order valence-corrected chi connectivity index (χ3v) is 4.86. The lowest BCUT2D eigenvalue weighted by molar-refractivity contribution is 0.391. The summed E-state index contributed by atoms with van der Waals surface area (Å²) in [6.45, 7) is 7.66. The highest BCUT2D eigenvalue weighted by molar-refractivity contribution is 14.0. The van der Waals surface area contributed by atoms with E-state index in [9.17, 15) is 0 Å². The molecule has 0 saturated carbocycles. The Hall–Kier alpha value is -1.09. The Kier molecular flexibility index (Phi) is 8.92. The number of hydrogen-bond donors (Lipinski definition) is 1. The summed E-state index contributed by atoms with van der Waals surface area (Å²) in [6.07, 6.45) is 0. The van der Waals surface area contributed by atoms with E-state index in [2.05, 4.69) is 55.4 Å². The van der Waals surface area contributed by atoms with Crippen molar-refractivity contribution in [3.05, 3.63) is 51.3 Å². The Bertz CT molecular complexity index is 697. The molecule has 0 aliphatic heterocycles. The zero-order valence-corrected chi connectivity index (χ0v) is 19.3. The van der Waals surface area contributed by atoms with E-state index < -0.39 is 0 Å². The van der Waals surface area contributed by atoms with Crippen molar-refractivity contribution in [2.75, 3.05) is 20.6 Å². The van der Waals surface area contributed by atoms with Crippen LogP contribution in [-0.4, -0.2) is 36.7 Å². The minimum Gasteiger partial charge on any atom is -0.361 e. The Morgan fingerprint density at radius 3 is 2.60 bits per heavy atom. The maximum atomic E-state index is 5.27. The van der Waals surface area contributed by atoms with Gasteiger partial charge in [0, 0.05) is 43.1 Å². The Balaban J connectivity index is 0.00000312. The van der Waals surface area contributed by atoms with Crippen LogP contribution in [0.15, 0.2) is 38.3 Å². The van der Waals surface area contributed by atoms with Crippen molar-refractivity contribution < 1.29 is 4.52 Å². The van der Waals surface area contributed by atoms with Gasteiger partial charge in [0.05, 0.1) is 5.69 Å². The molecule has 5 nitrogen and oxygen atoms in total. The van der Waals surface area contributed by atoms with Crippen LogP contribution < -0.4 is 5.32 Å². The standard InChI is InChI=1S/C18H25BrN4O.HI/c1-12(17-13(2)22-24-14(17)3)10-21-18(20-4)23(5)11-15-8-6-7-9-16(15)19;/h6-9,12H,10-11H2,1-5H3,(H,20,21);1H. The third kappa shape index (κ3) is 5.70. The van der Waals surface area contributed by atoms with E-state index in [4.69, 9.17) is 4.52 Å². The van der Waals surface area contributed by atoms with Crippen molar-refractivity contribution in [3.8, 4) is 0 Å². The molecule has 1 heterocycles. The number of nitrogens with one attached hydrogen (secondary N) is 1. The molecule has 138 valence electrons. The molecule has 0 radical (unpaired) electrons. The van der Waals surface area contributed by atoms with Crippen LogP contribution in [0.1, 0.15) is 35.4 Å². The number of aryl methyl sites for hydroxylation is 2. The fourth-order valence-electron chi connectivity index (χ4n) is 2.88. The molecule has 1 atom stereocenters. The Morgan fingerprint density at radius 2 is 2.04 bits per heavy atom. The second kappa shape index (κ2) is 10.2. The molecule has 0 aliphatic rings. The van der Waals surface area contributed by atoms with Crippen LogP contribution in [0.4, 0.5) is 0 Å². The molecule has 1 aromatic heterocycles. The first-order chi connectivity index (χ1) is 11.4. The average molecular weight is 521 g/mol. The number of hydrogen-bond acceptors (Lipinski definition) is 3. The molecule has 2 rings (SSSR count). The van der Waals surface area contributed by atoms with Gasteiger partial charge in [-0.05, 0) is 25.5 Å². The highest BCUT2D eigenvalue weighted by Gasteiger charge is 2.17. The summed E-state index contributed by atoms with van der Waals surface area (Å²) >= 11 is 3.60. The van der Waals surface area contributed by atoms with Crippen molar-refractivity contribution >= 4 is 45.9 Å². The number of guanidine groups is 1. The van der Waals surface area contributed by atoms with Gasteiger partial charge in [-0.25, -0.2) is 0 Å². The summed E-state index contributed by atoms with van der Waals surface area (Å²) < 4.78 is 6.37. The maximum absolute atomic E-state index is 5.27. The van der Waals surface area contributed by atoms with Gasteiger partial charge in [-0.1, -0.05) is 46.2 Å². The van der Waals surface area contributed by atoms with Crippen LogP contribution in [0.25, 0.3) is 0 Å². The number of halogens is 2. The molecule has 7 heteroatoms. The summed E-state index contributed by atoms with van der Waals surface area (Å²) in [4.78, 5) is 6.50. The highest BCUT2D eigenvalue weighted by atomic mass is 127. The normalized spacial score (nSPS) is 12.5. The molecule has 25 heavy (non-hydrogen) atoms. The molecule has 0 fully saturated rings. The molecule has 0 spiro atoms. The summed E-state index contributed by atoms with van der Waals surface area (Å²) in [5.41, 5.74) is 3.35. The van der Waals surface area contributed by atoms with Crippen molar-refractivity contribution in [1.29, 1.82) is 0 Å². The van der Waals surface area contributed by atoms with Gasteiger partial charge in [-0.15, -0.1) is 24.0 Å². The number of benzene rings is 1. The third-order valence-electron chi connectivity index (χ3n) is 4.09. The van der Waals surface area contributed by atoms with Crippen LogP contribution >= 0.6 is 39.9 Å². The lowest BCUT2D eigenvalue weighted by Crippen LogP contribution is -2.40. The van der Waals surface area contributed by atoms with Gasteiger partial charge >= 0.3 is 0 Å². The van der Waals surface area contributed by atoms with Gasteiger partial charge in [-0.2, -0.15) is 0 Å². The van der Waals surface area contributed by atoms with Crippen molar-refractivity contribution in [3.63, 3.8) is 0 Å². The van der Waals surface area contributed by atoms with E-state index >= 15 is 0 Å².